The molecule has 0 aliphatic rings. The zero-order chi connectivity index (χ0) is 13.8. The average molecular weight is 266 g/mol. The monoisotopic (exact) mass is 266 g/mol. The molecule has 0 N–H and O–H groups in total. The van der Waals surface area contributed by atoms with Crippen molar-refractivity contribution in [2.45, 2.75) is 13.1 Å². The molecule has 0 saturated heterocycles. The highest BCUT2D eigenvalue weighted by atomic mass is 28.2. The van der Waals surface area contributed by atoms with Crippen molar-refractivity contribution in [2.75, 3.05) is 0 Å². The Balaban J connectivity index is 0.000000550. The van der Waals surface area contributed by atoms with Gasteiger partial charge in [0.1, 0.15) is 0 Å². The minimum Gasteiger partial charge on any atom is -0.0750 e. The lowest BCUT2D eigenvalue weighted by Crippen LogP contribution is -1.68. The van der Waals surface area contributed by atoms with E-state index in [-0.39, 0.29) is 0 Å². The summed E-state index contributed by atoms with van der Waals surface area (Å²) in [6.45, 7) is 4.53. The van der Waals surface area contributed by atoms with Gasteiger partial charge in [0.05, 0.1) is 0 Å². The van der Waals surface area contributed by atoms with Crippen LogP contribution in [0.5, 0.6) is 0 Å². The van der Waals surface area contributed by atoms with Gasteiger partial charge in [-0.3, -0.25) is 0 Å². The minimum atomic E-state index is 0.417. The van der Waals surface area contributed by atoms with E-state index in [0.717, 1.165) is 0 Å². The van der Waals surface area contributed by atoms with Crippen LogP contribution in [0, 0.1) is 0 Å². The highest BCUT2D eigenvalue weighted by molar-refractivity contribution is 6.31. The van der Waals surface area contributed by atoms with Gasteiger partial charge in [0.2, 0.25) is 0 Å². The number of hydrogen-bond donors (Lipinski definition) is 0. The van der Waals surface area contributed by atoms with Crippen molar-refractivity contribution in [3.05, 3.63) is 83.9 Å². The van der Waals surface area contributed by atoms with E-state index in [2.05, 4.69) is 61.7 Å². The summed E-state index contributed by atoms with van der Waals surface area (Å²) in [5.41, 5.74) is 2.44. The third-order valence-corrected chi connectivity index (χ3v) is 2.29. The number of rotatable bonds is 3. The van der Waals surface area contributed by atoms with Crippen LogP contribution in [-0.2, 0) is 0 Å². The summed E-state index contributed by atoms with van der Waals surface area (Å²) in [6, 6.07) is 20.6. The highest BCUT2D eigenvalue weighted by Gasteiger charge is 1.81. The Morgan fingerprint density at radius 3 is 1.26 bits per heavy atom. The summed E-state index contributed by atoms with van der Waals surface area (Å²) in [4.78, 5) is 0. The normalized spacial score (nSPS) is 10.4. The van der Waals surface area contributed by atoms with Crippen LogP contribution >= 0.6 is 0 Å². The van der Waals surface area contributed by atoms with Gasteiger partial charge in [-0.15, -0.1) is 0 Å². The van der Waals surface area contributed by atoms with Crippen molar-refractivity contribution in [3.8, 4) is 0 Å². The SMILES string of the molecule is C(C=Cc1ccccc1)=Cc1ccccc1.C[SiH2]C. The summed E-state index contributed by atoms with van der Waals surface area (Å²) in [5.74, 6) is 0. The molecule has 0 spiro atoms. The fourth-order valence-corrected chi connectivity index (χ4v) is 1.46. The van der Waals surface area contributed by atoms with Gasteiger partial charge in [0, 0.05) is 9.52 Å². The molecule has 0 heterocycles. The van der Waals surface area contributed by atoms with Crippen molar-refractivity contribution in [1.29, 1.82) is 0 Å². The molecular formula is C18H22Si. The molecule has 0 aromatic heterocycles. The van der Waals surface area contributed by atoms with E-state index in [1.807, 2.05) is 36.4 Å². The lowest BCUT2D eigenvalue weighted by Gasteiger charge is -1.90. The van der Waals surface area contributed by atoms with E-state index in [1.165, 1.54) is 11.1 Å². The molecule has 0 aliphatic heterocycles. The molecule has 0 saturated carbocycles. The van der Waals surface area contributed by atoms with Crippen LogP contribution < -0.4 is 0 Å². The lowest BCUT2D eigenvalue weighted by molar-refractivity contribution is 1.65. The summed E-state index contributed by atoms with van der Waals surface area (Å²) >= 11 is 0. The molecule has 0 bridgehead atoms. The maximum atomic E-state index is 2.26. The topological polar surface area (TPSA) is 0 Å². The van der Waals surface area contributed by atoms with Crippen molar-refractivity contribution in [2.24, 2.45) is 0 Å². The average Bonchev–Trinajstić information content (AvgIpc) is 2.47. The zero-order valence-corrected chi connectivity index (χ0v) is 13.2. The Kier molecular flexibility index (Phi) is 8.07. The van der Waals surface area contributed by atoms with Gasteiger partial charge in [-0.1, -0.05) is 98.1 Å². The van der Waals surface area contributed by atoms with Crippen LogP contribution in [0.1, 0.15) is 11.1 Å². The molecule has 0 amide bonds. The smallest absolute Gasteiger partial charge is 0.0135 e. The van der Waals surface area contributed by atoms with E-state index in [0.29, 0.717) is 9.52 Å². The van der Waals surface area contributed by atoms with E-state index in [9.17, 15) is 0 Å². The lowest BCUT2D eigenvalue weighted by atomic mass is 10.2. The maximum absolute atomic E-state index is 2.26. The van der Waals surface area contributed by atoms with Crippen molar-refractivity contribution in [1.82, 2.24) is 0 Å². The molecule has 2 aromatic rings. The molecule has 2 rings (SSSR count). The number of hydrogen-bond acceptors (Lipinski definition) is 0. The molecular weight excluding hydrogens is 244 g/mol. The molecule has 98 valence electrons. The molecule has 0 atom stereocenters. The summed E-state index contributed by atoms with van der Waals surface area (Å²) in [7, 11) is 0.417. The molecule has 0 radical (unpaired) electrons. The van der Waals surface area contributed by atoms with Crippen molar-refractivity contribution in [3.63, 3.8) is 0 Å². The summed E-state index contributed by atoms with van der Waals surface area (Å²) < 4.78 is 0. The summed E-state index contributed by atoms with van der Waals surface area (Å²) in [6.07, 6.45) is 8.31. The molecule has 2 aromatic carbocycles. The van der Waals surface area contributed by atoms with Crippen LogP contribution in [0.2, 0.25) is 13.1 Å². The van der Waals surface area contributed by atoms with Gasteiger partial charge in [-0.25, -0.2) is 0 Å². The van der Waals surface area contributed by atoms with Crippen LogP contribution in [-0.4, -0.2) is 9.52 Å². The van der Waals surface area contributed by atoms with E-state index in [4.69, 9.17) is 0 Å². The van der Waals surface area contributed by atoms with Gasteiger partial charge in [0.25, 0.3) is 0 Å². The van der Waals surface area contributed by atoms with E-state index in [1.54, 1.807) is 0 Å². The fraction of sp³-hybridized carbons (Fsp3) is 0.111. The molecule has 19 heavy (non-hydrogen) atoms. The maximum Gasteiger partial charge on any atom is 0.0135 e. The van der Waals surface area contributed by atoms with Crippen LogP contribution in [0.4, 0.5) is 0 Å². The largest absolute Gasteiger partial charge is 0.0750 e. The predicted molar refractivity (Wildman–Crippen MR) is 91.2 cm³/mol. The van der Waals surface area contributed by atoms with Crippen LogP contribution in [0.25, 0.3) is 12.2 Å². The first kappa shape index (κ1) is 15.2. The first-order valence-corrected chi connectivity index (χ1v) is 9.64. The minimum absolute atomic E-state index is 0.417. The van der Waals surface area contributed by atoms with Crippen LogP contribution in [0.15, 0.2) is 72.8 Å². The van der Waals surface area contributed by atoms with Crippen molar-refractivity contribution >= 4 is 21.7 Å². The molecule has 0 nitrogen and oxygen atoms in total. The van der Waals surface area contributed by atoms with Crippen molar-refractivity contribution < 1.29 is 0 Å². The first-order valence-electron chi connectivity index (χ1n) is 6.81. The third kappa shape index (κ3) is 7.22. The highest BCUT2D eigenvalue weighted by Crippen LogP contribution is 2.03. The quantitative estimate of drug-likeness (QED) is 0.559. The first-order chi connectivity index (χ1) is 9.36. The van der Waals surface area contributed by atoms with E-state index >= 15 is 0 Å². The van der Waals surface area contributed by atoms with Crippen LogP contribution in [0.3, 0.4) is 0 Å². The second kappa shape index (κ2) is 10.1. The van der Waals surface area contributed by atoms with Gasteiger partial charge < -0.3 is 0 Å². The Morgan fingerprint density at radius 1 is 0.632 bits per heavy atom. The Hall–Kier alpha value is -1.86. The third-order valence-electron chi connectivity index (χ3n) is 2.29. The number of benzene rings is 2. The fourth-order valence-electron chi connectivity index (χ4n) is 1.46. The molecule has 0 unspecified atom stereocenters. The molecule has 1 heteroatoms. The Morgan fingerprint density at radius 2 is 0.947 bits per heavy atom. The predicted octanol–water partition coefficient (Wildman–Crippen LogP) is 4.66. The second-order valence-electron chi connectivity index (χ2n) is 4.25. The Bertz CT molecular complexity index is 436. The number of allylic oxidation sites excluding steroid dienone is 2. The van der Waals surface area contributed by atoms with Gasteiger partial charge in [-0.2, -0.15) is 0 Å². The van der Waals surface area contributed by atoms with Gasteiger partial charge >= 0.3 is 0 Å². The van der Waals surface area contributed by atoms with Gasteiger partial charge in [0.15, 0.2) is 0 Å². The standard InChI is InChI=1S/C16H14.C2H8Si/c1-3-9-15(10-4-1)13-7-8-14-16-11-5-2-6-12-16;1-3-2/h1-14H;3H2,1-2H3. The van der Waals surface area contributed by atoms with E-state index < -0.39 is 0 Å². The molecule has 0 fully saturated rings. The zero-order valence-electron chi connectivity index (χ0n) is 11.8. The molecule has 0 aliphatic carbocycles. The summed E-state index contributed by atoms with van der Waals surface area (Å²) in [5, 5.41) is 0. The Labute approximate surface area is 119 Å². The second-order valence-corrected chi connectivity index (χ2v) is 5.66. The van der Waals surface area contributed by atoms with Gasteiger partial charge in [-0.05, 0) is 11.1 Å².